The van der Waals surface area contributed by atoms with E-state index in [2.05, 4.69) is 9.55 Å². The summed E-state index contributed by atoms with van der Waals surface area (Å²) in [5, 5.41) is 0. The van der Waals surface area contributed by atoms with Gasteiger partial charge in [-0.3, -0.25) is 0 Å². The van der Waals surface area contributed by atoms with Crippen LogP contribution in [0.4, 0.5) is 0 Å². The molecule has 3 rings (SSSR count). The van der Waals surface area contributed by atoms with Crippen LogP contribution in [0.1, 0.15) is 43.1 Å². The van der Waals surface area contributed by atoms with Gasteiger partial charge in [-0.2, -0.15) is 0 Å². The maximum atomic E-state index is 5.94. The molecule has 2 N–H and O–H groups in total. The van der Waals surface area contributed by atoms with Gasteiger partial charge in [0.05, 0.1) is 0 Å². The fraction of sp³-hybridized carbons (Fsp3) is 0.727. The van der Waals surface area contributed by atoms with Crippen molar-refractivity contribution in [2.24, 2.45) is 5.73 Å². The molecule has 1 saturated carbocycles. The van der Waals surface area contributed by atoms with Gasteiger partial charge in [-0.25, -0.2) is 4.98 Å². The van der Waals surface area contributed by atoms with Crippen LogP contribution in [-0.2, 0) is 13.0 Å². The topological polar surface area (TPSA) is 43.8 Å². The van der Waals surface area contributed by atoms with Crippen molar-refractivity contribution in [1.82, 2.24) is 9.55 Å². The molecule has 1 aliphatic carbocycles. The Balaban J connectivity index is 0.000000853. The van der Waals surface area contributed by atoms with Crippen molar-refractivity contribution in [3.8, 4) is 0 Å². The van der Waals surface area contributed by atoms with Crippen molar-refractivity contribution in [3.63, 3.8) is 0 Å². The summed E-state index contributed by atoms with van der Waals surface area (Å²) < 4.78 is 2.41. The van der Waals surface area contributed by atoms with Crippen molar-refractivity contribution >= 4 is 12.4 Å². The van der Waals surface area contributed by atoms with Crippen molar-refractivity contribution in [1.29, 1.82) is 0 Å². The zero-order valence-corrected chi connectivity index (χ0v) is 9.67. The molecule has 0 spiro atoms. The molecule has 0 aromatic carbocycles. The van der Waals surface area contributed by atoms with Crippen molar-refractivity contribution in [2.75, 3.05) is 0 Å². The molecular weight excluding hydrogens is 210 g/mol. The first-order chi connectivity index (χ1) is 6.84. The summed E-state index contributed by atoms with van der Waals surface area (Å²) in [6, 6.07) is 0.355. The Morgan fingerprint density at radius 3 is 2.80 bits per heavy atom. The summed E-state index contributed by atoms with van der Waals surface area (Å²) in [4.78, 5) is 4.56. The number of hydrogen-bond acceptors (Lipinski definition) is 2. The molecule has 1 aliphatic heterocycles. The fourth-order valence-electron chi connectivity index (χ4n) is 2.51. The molecule has 3 nitrogen and oxygen atoms in total. The minimum atomic E-state index is 0. The smallest absolute Gasteiger partial charge is 0.111 e. The molecule has 2 aliphatic rings. The van der Waals surface area contributed by atoms with Crippen LogP contribution in [0.25, 0.3) is 0 Å². The van der Waals surface area contributed by atoms with Crippen molar-refractivity contribution in [2.45, 2.75) is 50.6 Å². The van der Waals surface area contributed by atoms with Gasteiger partial charge in [-0.1, -0.05) is 6.42 Å². The van der Waals surface area contributed by atoms with Crippen LogP contribution in [0.15, 0.2) is 6.20 Å². The molecule has 1 atom stereocenters. The van der Waals surface area contributed by atoms with E-state index in [-0.39, 0.29) is 12.4 Å². The number of fused-ring (bicyclic) bond motifs is 1. The highest BCUT2D eigenvalue weighted by molar-refractivity contribution is 5.85. The minimum absolute atomic E-state index is 0. The van der Waals surface area contributed by atoms with Gasteiger partial charge in [0.15, 0.2) is 0 Å². The normalized spacial score (nSPS) is 25.3. The average Bonchev–Trinajstić information content (AvgIpc) is 2.45. The lowest BCUT2D eigenvalue weighted by Crippen LogP contribution is -2.31. The summed E-state index contributed by atoms with van der Waals surface area (Å²) in [5.74, 6) is 2.08. The molecule has 1 fully saturated rings. The fourth-order valence-corrected chi connectivity index (χ4v) is 2.51. The predicted octanol–water partition coefficient (Wildman–Crippen LogP) is 1.85. The number of nitrogens with two attached hydrogens (primary N) is 1. The van der Waals surface area contributed by atoms with E-state index in [1.807, 2.05) is 6.20 Å². The zero-order chi connectivity index (χ0) is 9.54. The van der Waals surface area contributed by atoms with Crippen LogP contribution in [0.2, 0.25) is 0 Å². The van der Waals surface area contributed by atoms with Gasteiger partial charge >= 0.3 is 0 Å². The molecule has 1 aromatic heterocycles. The standard InChI is InChI=1S/C11H17N3.ClH/c12-9-4-5-14-10(6-9)7-13-11(14)8-2-1-3-8;/h7-9H,1-6,12H2;1H. The van der Waals surface area contributed by atoms with E-state index < -0.39 is 0 Å². The lowest BCUT2D eigenvalue weighted by Gasteiger charge is -2.28. The molecule has 4 heteroatoms. The van der Waals surface area contributed by atoms with Gasteiger partial charge in [-0.15, -0.1) is 12.4 Å². The van der Waals surface area contributed by atoms with E-state index in [1.54, 1.807) is 0 Å². The number of hydrogen-bond donors (Lipinski definition) is 1. The second kappa shape index (κ2) is 4.14. The first-order valence-electron chi connectivity index (χ1n) is 5.64. The first-order valence-corrected chi connectivity index (χ1v) is 5.64. The van der Waals surface area contributed by atoms with E-state index in [9.17, 15) is 0 Å². The number of imidazole rings is 1. The van der Waals surface area contributed by atoms with E-state index >= 15 is 0 Å². The van der Waals surface area contributed by atoms with Crippen LogP contribution < -0.4 is 5.73 Å². The van der Waals surface area contributed by atoms with Gasteiger partial charge in [0, 0.05) is 36.8 Å². The minimum Gasteiger partial charge on any atom is -0.332 e. The second-order valence-electron chi connectivity index (χ2n) is 4.64. The molecule has 0 bridgehead atoms. The monoisotopic (exact) mass is 227 g/mol. The van der Waals surface area contributed by atoms with Gasteiger partial charge < -0.3 is 10.3 Å². The molecule has 0 saturated heterocycles. The highest BCUT2D eigenvalue weighted by Gasteiger charge is 2.27. The maximum absolute atomic E-state index is 5.94. The molecule has 84 valence electrons. The van der Waals surface area contributed by atoms with Crippen molar-refractivity contribution in [3.05, 3.63) is 17.7 Å². The van der Waals surface area contributed by atoms with Crippen LogP contribution in [0, 0.1) is 0 Å². The lowest BCUT2D eigenvalue weighted by atomic mass is 9.84. The molecular formula is C11H18ClN3. The zero-order valence-electron chi connectivity index (χ0n) is 8.85. The molecule has 1 aromatic rings. The van der Waals surface area contributed by atoms with Crippen molar-refractivity contribution < 1.29 is 0 Å². The number of nitrogens with zero attached hydrogens (tertiary/aromatic N) is 2. The number of halogens is 1. The van der Waals surface area contributed by atoms with Crippen LogP contribution in [0.3, 0.4) is 0 Å². The first kappa shape index (κ1) is 11.0. The van der Waals surface area contributed by atoms with Gasteiger partial charge in [0.25, 0.3) is 0 Å². The Bertz CT molecular complexity index is 344. The predicted molar refractivity (Wildman–Crippen MR) is 62.4 cm³/mol. The Hall–Kier alpha value is -0.540. The van der Waals surface area contributed by atoms with Gasteiger partial charge in [0.1, 0.15) is 5.82 Å². The highest BCUT2D eigenvalue weighted by Crippen LogP contribution is 2.36. The largest absolute Gasteiger partial charge is 0.332 e. The molecule has 0 radical (unpaired) electrons. The van der Waals surface area contributed by atoms with E-state index in [1.165, 1.54) is 30.8 Å². The Morgan fingerprint density at radius 2 is 2.13 bits per heavy atom. The molecule has 2 heterocycles. The number of aromatic nitrogens is 2. The third kappa shape index (κ3) is 1.79. The van der Waals surface area contributed by atoms with Gasteiger partial charge in [0.2, 0.25) is 0 Å². The summed E-state index contributed by atoms with van der Waals surface area (Å²) in [6.45, 7) is 1.09. The third-order valence-electron chi connectivity index (χ3n) is 3.63. The second-order valence-corrected chi connectivity index (χ2v) is 4.64. The molecule has 1 unspecified atom stereocenters. The van der Waals surface area contributed by atoms with Gasteiger partial charge in [-0.05, 0) is 19.3 Å². The quantitative estimate of drug-likeness (QED) is 0.796. The maximum Gasteiger partial charge on any atom is 0.111 e. The summed E-state index contributed by atoms with van der Waals surface area (Å²) in [5.41, 5.74) is 7.29. The SMILES string of the molecule is Cl.NC1CCn2c(cnc2C2CCC2)C1. The summed E-state index contributed by atoms with van der Waals surface area (Å²) in [7, 11) is 0. The number of rotatable bonds is 1. The Morgan fingerprint density at radius 1 is 1.33 bits per heavy atom. The summed E-state index contributed by atoms with van der Waals surface area (Å²) >= 11 is 0. The average molecular weight is 228 g/mol. The van der Waals surface area contributed by atoms with E-state index in [4.69, 9.17) is 5.73 Å². The molecule has 0 amide bonds. The third-order valence-corrected chi connectivity index (χ3v) is 3.63. The Labute approximate surface area is 96.5 Å². The Kier molecular flexibility index (Phi) is 3.03. The van der Waals surface area contributed by atoms with E-state index in [0.717, 1.165) is 25.3 Å². The highest BCUT2D eigenvalue weighted by atomic mass is 35.5. The lowest BCUT2D eigenvalue weighted by molar-refractivity contribution is 0.369. The van der Waals surface area contributed by atoms with Crippen LogP contribution in [-0.4, -0.2) is 15.6 Å². The molecule has 15 heavy (non-hydrogen) atoms. The van der Waals surface area contributed by atoms with Crippen LogP contribution >= 0.6 is 12.4 Å². The van der Waals surface area contributed by atoms with E-state index in [0.29, 0.717) is 6.04 Å². The van der Waals surface area contributed by atoms with Crippen LogP contribution in [0.5, 0.6) is 0 Å². The summed E-state index contributed by atoms with van der Waals surface area (Å²) in [6.07, 6.45) is 8.22.